The van der Waals surface area contributed by atoms with Crippen molar-refractivity contribution >= 4 is 22.7 Å². The molecule has 2 aliphatic rings. The lowest BCUT2D eigenvalue weighted by Gasteiger charge is -2.41. The molecule has 5 rings (SSSR count). The van der Waals surface area contributed by atoms with E-state index < -0.39 is 17.7 Å². The van der Waals surface area contributed by atoms with Crippen molar-refractivity contribution in [3.8, 4) is 0 Å². The van der Waals surface area contributed by atoms with E-state index in [0.717, 1.165) is 34.9 Å². The normalized spacial score (nSPS) is 20.1. The smallest absolute Gasteiger partial charge is 0.245 e. The van der Waals surface area contributed by atoms with Crippen molar-refractivity contribution in [1.29, 1.82) is 0 Å². The van der Waals surface area contributed by atoms with Crippen LogP contribution in [0.5, 0.6) is 0 Å². The van der Waals surface area contributed by atoms with E-state index in [1.54, 1.807) is 13.8 Å². The highest BCUT2D eigenvalue weighted by atomic mass is 16.3. The summed E-state index contributed by atoms with van der Waals surface area (Å²) in [6.45, 7) is 4.46. The number of nitrogens with two attached hydrogens (primary N) is 1. The third kappa shape index (κ3) is 4.34. The summed E-state index contributed by atoms with van der Waals surface area (Å²) in [5.41, 5.74) is 9.07. The fraction of sp³-hybridized carbons (Fsp3) is 0.429. The van der Waals surface area contributed by atoms with Crippen LogP contribution in [0.15, 0.2) is 54.7 Å². The molecule has 2 amide bonds. The lowest BCUT2D eigenvalue weighted by atomic mass is 9.73. The highest BCUT2D eigenvalue weighted by Crippen LogP contribution is 2.50. The van der Waals surface area contributed by atoms with Gasteiger partial charge in [0, 0.05) is 42.0 Å². The van der Waals surface area contributed by atoms with Gasteiger partial charge in [0.25, 0.3) is 0 Å². The van der Waals surface area contributed by atoms with Gasteiger partial charge in [0.1, 0.15) is 6.04 Å². The van der Waals surface area contributed by atoms with Crippen LogP contribution in [0.2, 0.25) is 0 Å². The van der Waals surface area contributed by atoms with Crippen molar-refractivity contribution < 1.29 is 14.7 Å². The number of hydrogen-bond acceptors (Lipinski definition) is 4. The Bertz CT molecular complexity index is 1250. The van der Waals surface area contributed by atoms with E-state index in [1.165, 1.54) is 5.56 Å². The Morgan fingerprint density at radius 1 is 1.17 bits per heavy atom. The zero-order chi connectivity index (χ0) is 24.8. The van der Waals surface area contributed by atoms with Crippen LogP contribution in [-0.4, -0.2) is 51.5 Å². The third-order valence-corrected chi connectivity index (χ3v) is 7.80. The second-order valence-electron chi connectivity index (χ2n) is 10.7. The van der Waals surface area contributed by atoms with E-state index in [1.807, 2.05) is 53.6 Å². The summed E-state index contributed by atoms with van der Waals surface area (Å²) < 4.78 is 0. The second-order valence-corrected chi connectivity index (χ2v) is 10.7. The highest BCUT2D eigenvalue weighted by Gasteiger charge is 2.46. The molecule has 7 nitrogen and oxygen atoms in total. The number of nitrogens with one attached hydrogen (secondary N) is 2. The first-order valence-corrected chi connectivity index (χ1v) is 12.4. The van der Waals surface area contributed by atoms with Crippen molar-refractivity contribution in [3.05, 3.63) is 71.4 Å². The van der Waals surface area contributed by atoms with Crippen molar-refractivity contribution in [2.45, 2.75) is 62.6 Å². The topological polar surface area (TPSA) is 111 Å². The molecular weight excluding hydrogens is 440 g/mol. The molecule has 35 heavy (non-hydrogen) atoms. The molecular formula is C28H34N4O3. The summed E-state index contributed by atoms with van der Waals surface area (Å²) in [7, 11) is 0. The minimum absolute atomic E-state index is 0.0884. The Labute approximate surface area is 205 Å². The Balaban J connectivity index is 1.36. The average molecular weight is 475 g/mol. The number of hydrogen-bond donors (Lipinski definition) is 4. The number of benzene rings is 2. The molecule has 2 heterocycles. The number of carbonyl (C=O) groups excluding carboxylic acids is 2. The number of aromatic nitrogens is 1. The zero-order valence-electron chi connectivity index (χ0n) is 20.4. The highest BCUT2D eigenvalue weighted by molar-refractivity contribution is 5.92. The first-order valence-electron chi connectivity index (χ1n) is 12.4. The molecule has 5 N–H and O–H groups in total. The quantitative estimate of drug-likeness (QED) is 0.456. The first kappa shape index (κ1) is 23.6. The Kier molecular flexibility index (Phi) is 5.93. The monoisotopic (exact) mass is 474 g/mol. The van der Waals surface area contributed by atoms with Crippen molar-refractivity contribution in [2.75, 3.05) is 13.1 Å². The van der Waals surface area contributed by atoms with E-state index >= 15 is 0 Å². The van der Waals surface area contributed by atoms with Gasteiger partial charge in [0.05, 0.1) is 11.6 Å². The molecule has 0 saturated carbocycles. The molecule has 2 atom stereocenters. The van der Waals surface area contributed by atoms with Crippen LogP contribution in [0.1, 0.15) is 55.9 Å². The van der Waals surface area contributed by atoms with Gasteiger partial charge >= 0.3 is 0 Å². The van der Waals surface area contributed by atoms with Gasteiger partial charge in [-0.2, -0.15) is 0 Å². The fourth-order valence-electron chi connectivity index (χ4n) is 5.77. The summed E-state index contributed by atoms with van der Waals surface area (Å²) >= 11 is 0. The van der Waals surface area contributed by atoms with Gasteiger partial charge in [-0.3, -0.25) is 9.59 Å². The van der Waals surface area contributed by atoms with Gasteiger partial charge in [-0.05, 0) is 55.9 Å². The Morgan fingerprint density at radius 3 is 2.60 bits per heavy atom. The number of fused-ring (bicyclic) bond motifs is 3. The number of aliphatic hydroxyl groups is 1. The predicted molar refractivity (Wildman–Crippen MR) is 136 cm³/mol. The van der Waals surface area contributed by atoms with E-state index in [4.69, 9.17) is 5.73 Å². The van der Waals surface area contributed by atoms with Crippen molar-refractivity contribution in [3.63, 3.8) is 0 Å². The number of para-hydroxylation sites is 1. The van der Waals surface area contributed by atoms with Crippen LogP contribution in [-0.2, 0) is 21.4 Å². The Hall–Kier alpha value is -3.16. The summed E-state index contributed by atoms with van der Waals surface area (Å²) in [4.78, 5) is 31.7. The first-order chi connectivity index (χ1) is 16.7. The number of piperidine rings is 1. The molecule has 1 saturated heterocycles. The van der Waals surface area contributed by atoms with Crippen LogP contribution in [0.25, 0.3) is 10.9 Å². The van der Waals surface area contributed by atoms with E-state index in [9.17, 15) is 14.7 Å². The number of amides is 2. The van der Waals surface area contributed by atoms with Crippen LogP contribution in [0.4, 0.5) is 0 Å². The standard InChI is InChI=1S/C28H34N4O3/c1-27(2,29)26(35)31-23(15-18-17-30-22-10-6-4-7-19(18)22)25(34)32-13-11-28(12-14-32)16-24(33)20-8-3-5-9-21(20)28/h3-10,17,23-24,30,33H,11-16,29H2,1-2H3,(H,31,35). The predicted octanol–water partition coefficient (Wildman–Crippen LogP) is 2.93. The summed E-state index contributed by atoms with van der Waals surface area (Å²) in [5, 5.41) is 14.6. The van der Waals surface area contributed by atoms with Crippen molar-refractivity contribution in [1.82, 2.24) is 15.2 Å². The molecule has 1 fully saturated rings. The lowest BCUT2D eigenvalue weighted by Crippen LogP contribution is -2.58. The number of aromatic amines is 1. The van der Waals surface area contributed by atoms with E-state index in [-0.39, 0.29) is 17.2 Å². The van der Waals surface area contributed by atoms with Crippen LogP contribution >= 0.6 is 0 Å². The van der Waals surface area contributed by atoms with Crippen LogP contribution < -0.4 is 11.1 Å². The number of rotatable bonds is 5. The van der Waals surface area contributed by atoms with Gasteiger partial charge in [0.15, 0.2) is 0 Å². The molecule has 1 aliphatic heterocycles. The maximum absolute atomic E-state index is 13.7. The minimum atomic E-state index is -1.09. The number of likely N-dealkylation sites (tertiary alicyclic amines) is 1. The van der Waals surface area contributed by atoms with Gasteiger partial charge in [-0.15, -0.1) is 0 Å². The molecule has 0 radical (unpaired) electrons. The number of aliphatic hydroxyl groups excluding tert-OH is 1. The molecule has 2 aromatic carbocycles. The number of nitrogens with zero attached hydrogens (tertiary/aromatic N) is 1. The van der Waals surface area contributed by atoms with E-state index in [2.05, 4.69) is 16.4 Å². The molecule has 0 bridgehead atoms. The van der Waals surface area contributed by atoms with Crippen LogP contribution in [0, 0.1) is 0 Å². The van der Waals surface area contributed by atoms with E-state index in [0.29, 0.717) is 25.9 Å². The van der Waals surface area contributed by atoms with Gasteiger partial charge < -0.3 is 26.0 Å². The number of carbonyl (C=O) groups is 2. The summed E-state index contributed by atoms with van der Waals surface area (Å²) in [5.74, 6) is -0.438. The SMILES string of the molecule is CC(C)(N)C(=O)NC(Cc1c[nH]c2ccccc12)C(=O)N1CCC2(CC1)CC(O)c1ccccc12. The van der Waals surface area contributed by atoms with Gasteiger partial charge in [-0.25, -0.2) is 0 Å². The molecule has 1 aliphatic carbocycles. The van der Waals surface area contributed by atoms with Crippen LogP contribution in [0.3, 0.4) is 0 Å². The molecule has 3 aromatic rings. The number of H-pyrrole nitrogens is 1. The fourth-order valence-corrected chi connectivity index (χ4v) is 5.77. The summed E-state index contributed by atoms with van der Waals surface area (Å²) in [6, 6.07) is 15.4. The molecule has 1 spiro atoms. The molecule has 7 heteroatoms. The molecule has 184 valence electrons. The van der Waals surface area contributed by atoms with Crippen molar-refractivity contribution in [2.24, 2.45) is 5.73 Å². The average Bonchev–Trinajstić information content (AvgIpc) is 3.37. The zero-order valence-corrected chi connectivity index (χ0v) is 20.4. The maximum atomic E-state index is 13.7. The van der Waals surface area contributed by atoms with Gasteiger partial charge in [-0.1, -0.05) is 42.5 Å². The maximum Gasteiger partial charge on any atom is 0.245 e. The minimum Gasteiger partial charge on any atom is -0.388 e. The second kappa shape index (κ2) is 8.81. The summed E-state index contributed by atoms with van der Waals surface area (Å²) in [6.07, 6.45) is 4.13. The molecule has 2 unspecified atom stereocenters. The third-order valence-electron chi connectivity index (χ3n) is 7.80. The lowest BCUT2D eigenvalue weighted by molar-refractivity contribution is -0.138. The Morgan fingerprint density at radius 2 is 1.86 bits per heavy atom. The largest absolute Gasteiger partial charge is 0.388 e. The van der Waals surface area contributed by atoms with Gasteiger partial charge in [0.2, 0.25) is 11.8 Å². The molecule has 1 aromatic heterocycles.